The Labute approximate surface area is 92.2 Å². The quantitative estimate of drug-likeness (QED) is 0.588. The van der Waals surface area contributed by atoms with Crippen LogP contribution in [0, 0.1) is 0 Å². The molecule has 0 spiro atoms. The number of hydrogen-bond donors (Lipinski definition) is 0. The molecule has 0 radical (unpaired) electrons. The van der Waals surface area contributed by atoms with Gasteiger partial charge in [-0.25, -0.2) is 4.79 Å². The molecule has 1 rings (SSSR count). The fourth-order valence-electron chi connectivity index (χ4n) is 0.921. The normalized spacial score (nSPS) is 11.5. The molecule has 0 aliphatic carbocycles. The van der Waals surface area contributed by atoms with Crippen LogP contribution in [0.3, 0.4) is 0 Å². The number of thiophene rings is 1. The maximum atomic E-state index is 11.2. The first-order valence-corrected chi connectivity index (χ1v) is 5.48. The van der Waals surface area contributed by atoms with E-state index in [4.69, 9.17) is 16.3 Å². The standard InChI is InChI=1S/C10H11ClO2S/c1-3-13-10(12)7(2)4-9-5-8(11)6-14-9/h4-6H,3H2,1-2H3. The molecule has 1 aromatic rings. The second kappa shape index (κ2) is 5.17. The Balaban J connectivity index is 2.73. The number of esters is 1. The van der Waals surface area contributed by atoms with E-state index in [0.717, 1.165) is 4.88 Å². The third-order valence-electron chi connectivity index (χ3n) is 1.54. The van der Waals surface area contributed by atoms with E-state index in [9.17, 15) is 4.79 Å². The topological polar surface area (TPSA) is 26.3 Å². The minimum atomic E-state index is -0.281. The summed E-state index contributed by atoms with van der Waals surface area (Å²) in [6.07, 6.45) is 1.77. The average Bonchev–Trinajstić information content (AvgIpc) is 2.51. The van der Waals surface area contributed by atoms with Crippen LogP contribution < -0.4 is 0 Å². The number of rotatable bonds is 3. The molecule has 0 N–H and O–H groups in total. The minimum Gasteiger partial charge on any atom is -0.463 e. The van der Waals surface area contributed by atoms with Gasteiger partial charge >= 0.3 is 5.97 Å². The van der Waals surface area contributed by atoms with Crippen LogP contribution >= 0.6 is 22.9 Å². The molecular formula is C10H11ClO2S. The molecule has 0 fully saturated rings. The monoisotopic (exact) mass is 230 g/mol. The van der Waals surface area contributed by atoms with Crippen molar-refractivity contribution in [1.29, 1.82) is 0 Å². The zero-order valence-corrected chi connectivity index (χ0v) is 9.61. The maximum absolute atomic E-state index is 11.2. The second-order valence-corrected chi connectivity index (χ2v) is 4.09. The van der Waals surface area contributed by atoms with Gasteiger partial charge < -0.3 is 4.74 Å². The van der Waals surface area contributed by atoms with Gasteiger partial charge in [-0.05, 0) is 26.0 Å². The molecule has 0 saturated heterocycles. The van der Waals surface area contributed by atoms with Gasteiger partial charge in [0, 0.05) is 15.8 Å². The van der Waals surface area contributed by atoms with Crippen molar-refractivity contribution in [1.82, 2.24) is 0 Å². The highest BCUT2D eigenvalue weighted by atomic mass is 35.5. The Bertz CT molecular complexity index is 355. The van der Waals surface area contributed by atoms with Gasteiger partial charge in [-0.15, -0.1) is 11.3 Å². The number of carbonyl (C=O) groups is 1. The highest BCUT2D eigenvalue weighted by Crippen LogP contribution is 2.21. The predicted molar refractivity (Wildman–Crippen MR) is 59.6 cm³/mol. The highest BCUT2D eigenvalue weighted by Gasteiger charge is 2.04. The Hall–Kier alpha value is -0.800. The van der Waals surface area contributed by atoms with E-state index < -0.39 is 0 Å². The smallest absolute Gasteiger partial charge is 0.333 e. The summed E-state index contributed by atoms with van der Waals surface area (Å²) in [5.41, 5.74) is 0.588. The molecule has 2 nitrogen and oxygen atoms in total. The van der Waals surface area contributed by atoms with Crippen molar-refractivity contribution in [3.63, 3.8) is 0 Å². The van der Waals surface area contributed by atoms with Gasteiger partial charge in [0.1, 0.15) is 0 Å². The molecule has 1 heterocycles. The Morgan fingerprint density at radius 1 is 1.71 bits per heavy atom. The molecule has 0 aromatic carbocycles. The van der Waals surface area contributed by atoms with E-state index in [1.165, 1.54) is 11.3 Å². The Morgan fingerprint density at radius 3 is 2.93 bits per heavy atom. The molecule has 0 unspecified atom stereocenters. The van der Waals surface area contributed by atoms with Crippen LogP contribution in [0.5, 0.6) is 0 Å². The molecule has 0 amide bonds. The van der Waals surface area contributed by atoms with Crippen molar-refractivity contribution in [3.8, 4) is 0 Å². The lowest BCUT2D eigenvalue weighted by Gasteiger charge is -1.99. The number of halogens is 1. The fraction of sp³-hybridized carbons (Fsp3) is 0.300. The molecule has 0 saturated carbocycles. The maximum Gasteiger partial charge on any atom is 0.333 e. The van der Waals surface area contributed by atoms with Crippen molar-refractivity contribution < 1.29 is 9.53 Å². The highest BCUT2D eigenvalue weighted by molar-refractivity contribution is 7.11. The SMILES string of the molecule is CCOC(=O)C(C)=Cc1cc(Cl)cs1. The molecule has 0 atom stereocenters. The van der Waals surface area contributed by atoms with E-state index in [1.54, 1.807) is 19.9 Å². The largest absolute Gasteiger partial charge is 0.463 e. The van der Waals surface area contributed by atoms with Crippen LogP contribution in [0.1, 0.15) is 18.7 Å². The van der Waals surface area contributed by atoms with Crippen molar-refractivity contribution >= 4 is 35.0 Å². The molecule has 4 heteroatoms. The van der Waals surface area contributed by atoms with E-state index in [1.807, 2.05) is 11.4 Å². The van der Waals surface area contributed by atoms with Gasteiger partial charge in [-0.1, -0.05) is 11.6 Å². The number of hydrogen-bond acceptors (Lipinski definition) is 3. The van der Waals surface area contributed by atoms with Crippen molar-refractivity contribution in [2.24, 2.45) is 0 Å². The Kier molecular flexibility index (Phi) is 4.17. The van der Waals surface area contributed by atoms with Crippen molar-refractivity contribution in [3.05, 3.63) is 26.9 Å². The van der Waals surface area contributed by atoms with Crippen LogP contribution in [-0.4, -0.2) is 12.6 Å². The molecule has 1 aromatic heterocycles. The summed E-state index contributed by atoms with van der Waals surface area (Å²) >= 11 is 7.25. The summed E-state index contributed by atoms with van der Waals surface area (Å²) < 4.78 is 4.85. The first-order valence-electron chi connectivity index (χ1n) is 4.23. The van der Waals surface area contributed by atoms with Crippen LogP contribution in [0.25, 0.3) is 6.08 Å². The zero-order chi connectivity index (χ0) is 10.6. The lowest BCUT2D eigenvalue weighted by molar-refractivity contribution is -0.138. The summed E-state index contributed by atoms with van der Waals surface area (Å²) in [7, 11) is 0. The third kappa shape index (κ3) is 3.16. The van der Waals surface area contributed by atoms with E-state index in [0.29, 0.717) is 17.2 Å². The van der Waals surface area contributed by atoms with Crippen LogP contribution in [-0.2, 0) is 9.53 Å². The minimum absolute atomic E-state index is 0.281. The average molecular weight is 231 g/mol. The zero-order valence-electron chi connectivity index (χ0n) is 8.04. The molecule has 14 heavy (non-hydrogen) atoms. The summed E-state index contributed by atoms with van der Waals surface area (Å²) in [4.78, 5) is 12.2. The summed E-state index contributed by atoms with van der Waals surface area (Å²) in [6.45, 7) is 3.91. The molecule has 0 aliphatic rings. The second-order valence-electron chi connectivity index (χ2n) is 2.72. The first kappa shape index (κ1) is 11.3. The van der Waals surface area contributed by atoms with E-state index in [-0.39, 0.29) is 5.97 Å². The summed E-state index contributed by atoms with van der Waals surface area (Å²) in [6, 6.07) is 1.81. The lowest BCUT2D eigenvalue weighted by atomic mass is 10.2. The van der Waals surface area contributed by atoms with Crippen molar-refractivity contribution in [2.45, 2.75) is 13.8 Å². The van der Waals surface area contributed by atoms with Crippen LogP contribution in [0.15, 0.2) is 17.0 Å². The predicted octanol–water partition coefficient (Wildman–Crippen LogP) is 3.37. The number of carbonyl (C=O) groups excluding carboxylic acids is 1. The molecular weight excluding hydrogens is 220 g/mol. The molecule has 76 valence electrons. The van der Waals surface area contributed by atoms with Crippen LogP contribution in [0.4, 0.5) is 0 Å². The van der Waals surface area contributed by atoms with Gasteiger partial charge in [0.15, 0.2) is 0 Å². The number of ether oxygens (including phenoxy) is 1. The first-order chi connectivity index (χ1) is 6.63. The van der Waals surface area contributed by atoms with Gasteiger partial charge in [0.2, 0.25) is 0 Å². The third-order valence-corrected chi connectivity index (χ3v) is 2.77. The summed E-state index contributed by atoms with van der Waals surface area (Å²) in [5.74, 6) is -0.281. The molecule has 0 bridgehead atoms. The van der Waals surface area contributed by atoms with Gasteiger partial charge in [0.25, 0.3) is 0 Å². The fourth-order valence-corrected chi connectivity index (χ4v) is 1.99. The molecule has 0 aliphatic heterocycles. The van der Waals surface area contributed by atoms with E-state index in [2.05, 4.69) is 0 Å². The van der Waals surface area contributed by atoms with Crippen LogP contribution in [0.2, 0.25) is 5.02 Å². The van der Waals surface area contributed by atoms with Gasteiger partial charge in [-0.2, -0.15) is 0 Å². The van der Waals surface area contributed by atoms with E-state index >= 15 is 0 Å². The lowest BCUT2D eigenvalue weighted by Crippen LogP contribution is -2.04. The van der Waals surface area contributed by atoms with Gasteiger partial charge in [-0.3, -0.25) is 0 Å². The Morgan fingerprint density at radius 2 is 2.43 bits per heavy atom. The van der Waals surface area contributed by atoms with Crippen molar-refractivity contribution in [2.75, 3.05) is 6.61 Å². The van der Waals surface area contributed by atoms with Gasteiger partial charge in [0.05, 0.1) is 11.6 Å². The summed E-state index contributed by atoms with van der Waals surface area (Å²) in [5, 5.41) is 2.52.